The van der Waals surface area contributed by atoms with Crippen LogP contribution in [-0.2, 0) is 14.4 Å². The molecule has 26 heavy (non-hydrogen) atoms. The number of hydrogen-bond acceptors (Lipinski definition) is 3. The lowest BCUT2D eigenvalue weighted by Gasteiger charge is -2.24. The third-order valence-corrected chi connectivity index (χ3v) is 5.79. The van der Waals surface area contributed by atoms with Crippen LogP contribution in [0.4, 0.5) is 11.4 Å². The van der Waals surface area contributed by atoms with Crippen molar-refractivity contribution in [1.29, 1.82) is 0 Å². The summed E-state index contributed by atoms with van der Waals surface area (Å²) >= 11 is 0. The zero-order valence-electron chi connectivity index (χ0n) is 14.9. The van der Waals surface area contributed by atoms with Crippen LogP contribution < -0.4 is 10.2 Å². The first-order valence-electron chi connectivity index (χ1n) is 9.62. The SMILES string of the molecule is O=C(Nc1cccc(N2CCCC2=O)c1)C1CC(=O)N(C2CCCC2)C1. The fourth-order valence-electron chi connectivity index (χ4n) is 4.39. The number of amides is 3. The number of hydrogen-bond donors (Lipinski definition) is 1. The topological polar surface area (TPSA) is 69.7 Å². The molecule has 4 rings (SSSR count). The lowest BCUT2D eigenvalue weighted by Crippen LogP contribution is -2.35. The van der Waals surface area contributed by atoms with Crippen LogP contribution in [0.2, 0.25) is 0 Å². The van der Waals surface area contributed by atoms with Crippen molar-refractivity contribution in [3.8, 4) is 0 Å². The van der Waals surface area contributed by atoms with E-state index in [2.05, 4.69) is 5.32 Å². The zero-order chi connectivity index (χ0) is 18.1. The molecule has 3 amide bonds. The predicted octanol–water partition coefficient (Wildman–Crippen LogP) is 2.54. The number of nitrogens with one attached hydrogen (secondary N) is 1. The molecule has 0 bridgehead atoms. The summed E-state index contributed by atoms with van der Waals surface area (Å²) in [6.07, 6.45) is 6.22. The highest BCUT2D eigenvalue weighted by Crippen LogP contribution is 2.30. The highest BCUT2D eigenvalue weighted by Gasteiger charge is 2.38. The Labute approximate surface area is 153 Å². The molecule has 1 saturated carbocycles. The molecule has 1 aliphatic carbocycles. The molecule has 1 atom stereocenters. The first-order valence-corrected chi connectivity index (χ1v) is 9.62. The zero-order valence-corrected chi connectivity index (χ0v) is 14.9. The molecule has 2 aliphatic heterocycles. The molecule has 3 fully saturated rings. The van der Waals surface area contributed by atoms with Crippen molar-refractivity contribution in [2.75, 3.05) is 23.3 Å². The molecule has 138 valence electrons. The van der Waals surface area contributed by atoms with Crippen LogP contribution in [0, 0.1) is 5.92 Å². The number of rotatable bonds is 4. The van der Waals surface area contributed by atoms with Crippen LogP contribution >= 0.6 is 0 Å². The van der Waals surface area contributed by atoms with Gasteiger partial charge in [-0.1, -0.05) is 18.9 Å². The number of anilines is 2. The molecule has 6 nitrogen and oxygen atoms in total. The molecule has 0 aromatic heterocycles. The van der Waals surface area contributed by atoms with Gasteiger partial charge in [-0.05, 0) is 37.5 Å². The maximum Gasteiger partial charge on any atom is 0.229 e. The van der Waals surface area contributed by atoms with Crippen LogP contribution in [0.25, 0.3) is 0 Å². The molecule has 0 radical (unpaired) electrons. The summed E-state index contributed by atoms with van der Waals surface area (Å²) in [5.74, 6) is -0.167. The minimum Gasteiger partial charge on any atom is -0.339 e. The molecule has 0 spiro atoms. The van der Waals surface area contributed by atoms with Crippen molar-refractivity contribution in [2.24, 2.45) is 5.92 Å². The Morgan fingerprint density at radius 2 is 1.88 bits per heavy atom. The monoisotopic (exact) mass is 355 g/mol. The molecule has 1 N–H and O–H groups in total. The number of carbonyl (C=O) groups is 3. The predicted molar refractivity (Wildman–Crippen MR) is 98.7 cm³/mol. The largest absolute Gasteiger partial charge is 0.339 e. The minimum absolute atomic E-state index is 0.105. The average Bonchev–Trinajstić information content (AvgIpc) is 3.35. The fourth-order valence-corrected chi connectivity index (χ4v) is 4.39. The molecule has 1 aromatic rings. The van der Waals surface area contributed by atoms with Gasteiger partial charge in [0.1, 0.15) is 0 Å². The number of carbonyl (C=O) groups excluding carboxylic acids is 3. The van der Waals surface area contributed by atoms with Gasteiger partial charge in [0.25, 0.3) is 0 Å². The Bertz CT molecular complexity index is 727. The molecule has 3 aliphatic rings. The van der Waals surface area contributed by atoms with E-state index in [0.29, 0.717) is 31.1 Å². The van der Waals surface area contributed by atoms with Crippen molar-refractivity contribution in [1.82, 2.24) is 4.90 Å². The summed E-state index contributed by atoms with van der Waals surface area (Å²) in [6, 6.07) is 7.73. The van der Waals surface area contributed by atoms with E-state index in [1.165, 1.54) is 12.8 Å². The van der Waals surface area contributed by atoms with Crippen molar-refractivity contribution in [2.45, 2.75) is 51.0 Å². The first-order chi connectivity index (χ1) is 12.6. The first kappa shape index (κ1) is 17.1. The minimum atomic E-state index is -0.292. The Kier molecular flexibility index (Phi) is 4.66. The van der Waals surface area contributed by atoms with Gasteiger partial charge in [-0.2, -0.15) is 0 Å². The van der Waals surface area contributed by atoms with Crippen molar-refractivity contribution in [3.63, 3.8) is 0 Å². The summed E-state index contributed by atoms with van der Waals surface area (Å²) < 4.78 is 0. The van der Waals surface area contributed by atoms with Crippen LogP contribution in [0.1, 0.15) is 44.9 Å². The molecular formula is C20H25N3O3. The van der Waals surface area contributed by atoms with Crippen LogP contribution in [0.5, 0.6) is 0 Å². The Hall–Kier alpha value is -2.37. The van der Waals surface area contributed by atoms with Crippen LogP contribution in [0.3, 0.4) is 0 Å². The second kappa shape index (κ2) is 7.09. The van der Waals surface area contributed by atoms with Gasteiger partial charge < -0.3 is 15.1 Å². The van der Waals surface area contributed by atoms with E-state index in [9.17, 15) is 14.4 Å². The Morgan fingerprint density at radius 1 is 1.08 bits per heavy atom. The highest BCUT2D eigenvalue weighted by molar-refractivity contribution is 5.99. The highest BCUT2D eigenvalue weighted by atomic mass is 16.2. The van der Waals surface area contributed by atoms with Gasteiger partial charge in [0.15, 0.2) is 0 Å². The van der Waals surface area contributed by atoms with Crippen molar-refractivity contribution in [3.05, 3.63) is 24.3 Å². The lowest BCUT2D eigenvalue weighted by atomic mass is 10.1. The smallest absolute Gasteiger partial charge is 0.229 e. The number of nitrogens with zero attached hydrogens (tertiary/aromatic N) is 2. The molecule has 2 heterocycles. The summed E-state index contributed by atoms with van der Waals surface area (Å²) in [5, 5.41) is 2.94. The van der Waals surface area contributed by atoms with E-state index in [0.717, 1.165) is 31.5 Å². The second-order valence-corrected chi connectivity index (χ2v) is 7.57. The van der Waals surface area contributed by atoms with Gasteiger partial charge in [0.2, 0.25) is 17.7 Å². The standard InChI is InChI=1S/C20H25N3O3/c24-18-9-4-10-22(18)17-8-3-5-15(12-17)21-20(26)14-11-19(25)23(13-14)16-6-1-2-7-16/h3,5,8,12,14,16H,1-2,4,6-7,9-11,13H2,(H,21,26). The second-order valence-electron chi connectivity index (χ2n) is 7.57. The van der Waals surface area contributed by atoms with Crippen LogP contribution in [0.15, 0.2) is 24.3 Å². The van der Waals surface area contributed by atoms with E-state index in [-0.39, 0.29) is 23.6 Å². The van der Waals surface area contributed by atoms with E-state index >= 15 is 0 Å². The molecule has 1 aromatic carbocycles. The van der Waals surface area contributed by atoms with Gasteiger partial charge in [0.05, 0.1) is 5.92 Å². The van der Waals surface area contributed by atoms with E-state index < -0.39 is 0 Å². The summed E-state index contributed by atoms with van der Waals surface area (Å²) in [4.78, 5) is 40.5. The molecular weight excluding hydrogens is 330 g/mol. The van der Waals surface area contributed by atoms with Gasteiger partial charge in [-0.3, -0.25) is 14.4 Å². The van der Waals surface area contributed by atoms with Gasteiger partial charge in [-0.25, -0.2) is 0 Å². The summed E-state index contributed by atoms with van der Waals surface area (Å²) in [6.45, 7) is 1.25. The van der Waals surface area contributed by atoms with Gasteiger partial charge in [0, 0.05) is 43.3 Å². The average molecular weight is 355 g/mol. The lowest BCUT2D eigenvalue weighted by molar-refractivity contribution is -0.130. The molecule has 2 saturated heterocycles. The summed E-state index contributed by atoms with van der Waals surface area (Å²) in [5.41, 5.74) is 1.50. The van der Waals surface area contributed by atoms with Crippen molar-refractivity contribution < 1.29 is 14.4 Å². The van der Waals surface area contributed by atoms with Gasteiger partial charge >= 0.3 is 0 Å². The number of likely N-dealkylation sites (tertiary alicyclic amines) is 1. The number of benzene rings is 1. The summed E-state index contributed by atoms with van der Waals surface area (Å²) in [7, 11) is 0. The third-order valence-electron chi connectivity index (χ3n) is 5.79. The quantitative estimate of drug-likeness (QED) is 0.902. The molecule has 6 heteroatoms. The maximum absolute atomic E-state index is 12.6. The van der Waals surface area contributed by atoms with E-state index in [4.69, 9.17) is 0 Å². The fraction of sp³-hybridized carbons (Fsp3) is 0.550. The Balaban J connectivity index is 1.40. The normalized spacial score (nSPS) is 23.9. The van der Waals surface area contributed by atoms with Crippen molar-refractivity contribution >= 4 is 29.1 Å². The maximum atomic E-state index is 12.6. The van der Waals surface area contributed by atoms with Gasteiger partial charge in [-0.15, -0.1) is 0 Å². The Morgan fingerprint density at radius 3 is 2.62 bits per heavy atom. The van der Waals surface area contributed by atoms with Crippen LogP contribution in [-0.4, -0.2) is 41.8 Å². The van der Waals surface area contributed by atoms with E-state index in [1.807, 2.05) is 29.2 Å². The molecule has 1 unspecified atom stereocenters. The van der Waals surface area contributed by atoms with E-state index in [1.54, 1.807) is 4.90 Å². The third kappa shape index (κ3) is 3.32.